The van der Waals surface area contributed by atoms with Crippen LogP contribution in [0.5, 0.6) is 0 Å². The summed E-state index contributed by atoms with van der Waals surface area (Å²) in [7, 11) is 3.28. The van der Waals surface area contributed by atoms with Crippen molar-refractivity contribution in [2.45, 2.75) is 12.8 Å². The zero-order valence-corrected chi connectivity index (χ0v) is 15.6. The summed E-state index contributed by atoms with van der Waals surface area (Å²) in [5.74, 6) is -2.62. The van der Waals surface area contributed by atoms with Crippen molar-refractivity contribution >= 4 is 34.5 Å². The molecule has 0 amide bonds. The molecule has 2 aromatic rings. The molecule has 0 spiro atoms. The van der Waals surface area contributed by atoms with Crippen LogP contribution in [0.1, 0.15) is 27.0 Å². The summed E-state index contributed by atoms with van der Waals surface area (Å²) in [5.41, 5.74) is 0.706. The fraction of sp³-hybridized carbons (Fsp3) is 0.294. The molecule has 27 heavy (non-hydrogen) atoms. The van der Waals surface area contributed by atoms with E-state index in [0.717, 1.165) is 6.07 Å². The number of aromatic nitrogens is 1. The van der Waals surface area contributed by atoms with Gasteiger partial charge < -0.3 is 9.64 Å². The van der Waals surface area contributed by atoms with Gasteiger partial charge in [0.2, 0.25) is 0 Å². The van der Waals surface area contributed by atoms with Gasteiger partial charge in [-0.05, 0) is 19.1 Å². The maximum Gasteiger partial charge on any atom is 0.338 e. The minimum atomic E-state index is -1.12. The molecule has 0 saturated carbocycles. The Hall–Kier alpha value is -3.32. The molecule has 1 heterocycles. The number of ether oxygens (including phenoxy) is 1. The van der Waals surface area contributed by atoms with E-state index >= 15 is 0 Å². The van der Waals surface area contributed by atoms with Crippen LogP contribution >= 0.6 is 11.3 Å². The van der Waals surface area contributed by atoms with Gasteiger partial charge in [0.25, 0.3) is 5.69 Å². The molecule has 1 aromatic carbocycles. The van der Waals surface area contributed by atoms with Crippen molar-refractivity contribution in [1.82, 2.24) is 4.98 Å². The van der Waals surface area contributed by atoms with E-state index in [1.54, 1.807) is 31.3 Å². The van der Waals surface area contributed by atoms with E-state index in [1.807, 2.05) is 6.07 Å². The Balaban J connectivity index is 2.11. The number of nitrogens with zero attached hydrogens (tertiary/aromatic N) is 4. The standard InChI is InChI=1S/C17H16N4O5S/c1-10-9-27-16(19-10)12(7-18)15(22)8-26-17(23)11-4-5-13(20(2)3)14(6-11)21(24)25/h4-6,9,12H,8H2,1-3H3/t12-/m1/s1. The molecule has 1 aromatic heterocycles. The molecule has 0 aliphatic rings. The van der Waals surface area contributed by atoms with Gasteiger partial charge in [-0.2, -0.15) is 5.26 Å². The molecule has 140 valence electrons. The average Bonchev–Trinajstić information content (AvgIpc) is 3.05. The van der Waals surface area contributed by atoms with Crippen LogP contribution in [-0.4, -0.2) is 42.4 Å². The second-order valence-corrected chi connectivity index (χ2v) is 6.68. The number of anilines is 1. The molecule has 0 fully saturated rings. The van der Waals surface area contributed by atoms with Gasteiger partial charge in [-0.1, -0.05) is 0 Å². The first-order valence-corrected chi connectivity index (χ1v) is 8.59. The van der Waals surface area contributed by atoms with Crippen LogP contribution in [0.3, 0.4) is 0 Å². The van der Waals surface area contributed by atoms with Gasteiger partial charge in [0.1, 0.15) is 10.7 Å². The van der Waals surface area contributed by atoms with Crippen molar-refractivity contribution in [3.05, 3.63) is 50.0 Å². The van der Waals surface area contributed by atoms with Gasteiger partial charge in [-0.15, -0.1) is 11.3 Å². The van der Waals surface area contributed by atoms with Crippen LogP contribution in [-0.2, 0) is 9.53 Å². The summed E-state index contributed by atoms with van der Waals surface area (Å²) in [6.07, 6.45) is 0. The lowest BCUT2D eigenvalue weighted by molar-refractivity contribution is -0.384. The van der Waals surface area contributed by atoms with E-state index in [0.29, 0.717) is 16.4 Å². The van der Waals surface area contributed by atoms with Crippen molar-refractivity contribution in [1.29, 1.82) is 5.26 Å². The molecule has 0 aliphatic carbocycles. The van der Waals surface area contributed by atoms with Crippen molar-refractivity contribution < 1.29 is 19.2 Å². The van der Waals surface area contributed by atoms with Crippen molar-refractivity contribution in [2.75, 3.05) is 25.6 Å². The second kappa shape index (κ2) is 8.37. The number of carbonyl (C=O) groups excluding carboxylic acids is 2. The van der Waals surface area contributed by atoms with Crippen LogP contribution in [0, 0.1) is 28.4 Å². The lowest BCUT2D eigenvalue weighted by atomic mass is 10.1. The first-order chi connectivity index (χ1) is 12.7. The highest BCUT2D eigenvalue weighted by molar-refractivity contribution is 7.09. The molecule has 0 saturated heterocycles. The smallest absolute Gasteiger partial charge is 0.338 e. The number of rotatable bonds is 7. The Kier molecular flexibility index (Phi) is 6.20. The molecule has 0 aliphatic heterocycles. The minimum Gasteiger partial charge on any atom is -0.454 e. The fourth-order valence-corrected chi connectivity index (χ4v) is 3.11. The number of ketones is 1. The maximum absolute atomic E-state index is 12.2. The quantitative estimate of drug-likeness (QED) is 0.402. The van der Waals surface area contributed by atoms with Gasteiger partial charge >= 0.3 is 5.97 Å². The Morgan fingerprint density at radius 1 is 1.44 bits per heavy atom. The lowest BCUT2D eigenvalue weighted by Crippen LogP contribution is -2.20. The van der Waals surface area contributed by atoms with E-state index in [1.165, 1.54) is 23.5 Å². The van der Waals surface area contributed by atoms with Crippen LogP contribution in [0.25, 0.3) is 0 Å². The molecule has 10 heteroatoms. The number of benzene rings is 1. The van der Waals surface area contributed by atoms with E-state index in [9.17, 15) is 25.0 Å². The van der Waals surface area contributed by atoms with E-state index in [4.69, 9.17) is 4.74 Å². The molecule has 9 nitrogen and oxygen atoms in total. The van der Waals surface area contributed by atoms with Gasteiger partial charge in [0, 0.05) is 31.2 Å². The van der Waals surface area contributed by atoms with Crippen LogP contribution in [0.2, 0.25) is 0 Å². The molecule has 0 bridgehead atoms. The van der Waals surface area contributed by atoms with Crippen LogP contribution in [0.4, 0.5) is 11.4 Å². The number of carbonyl (C=O) groups is 2. The second-order valence-electron chi connectivity index (χ2n) is 5.79. The third kappa shape index (κ3) is 4.65. The summed E-state index contributed by atoms with van der Waals surface area (Å²) >= 11 is 1.18. The average molecular weight is 388 g/mol. The number of nitro benzene ring substituents is 1. The minimum absolute atomic E-state index is 0.0568. The number of thiazole rings is 1. The molecule has 0 N–H and O–H groups in total. The van der Waals surface area contributed by atoms with E-state index in [-0.39, 0.29) is 11.3 Å². The predicted molar refractivity (Wildman–Crippen MR) is 97.9 cm³/mol. The summed E-state index contributed by atoms with van der Waals surface area (Å²) in [4.78, 5) is 40.6. The SMILES string of the molecule is Cc1csc([C@H](C#N)C(=O)COC(=O)c2ccc(N(C)C)c([N+](=O)[O-])c2)n1. The first kappa shape index (κ1) is 20.0. The van der Waals surface area contributed by atoms with Crippen LogP contribution in [0.15, 0.2) is 23.6 Å². The number of nitriles is 1. The van der Waals surface area contributed by atoms with Gasteiger partial charge in [-0.3, -0.25) is 14.9 Å². The molecule has 0 unspecified atom stereocenters. The number of esters is 1. The number of hydrogen-bond donors (Lipinski definition) is 0. The van der Waals surface area contributed by atoms with E-state index in [2.05, 4.69) is 4.98 Å². The highest BCUT2D eigenvalue weighted by Gasteiger charge is 2.25. The summed E-state index contributed by atoms with van der Waals surface area (Å²) < 4.78 is 4.94. The third-order valence-corrected chi connectivity index (χ3v) is 4.60. The fourth-order valence-electron chi connectivity index (χ4n) is 2.25. The van der Waals surface area contributed by atoms with Gasteiger partial charge in [0.05, 0.1) is 16.6 Å². The lowest BCUT2D eigenvalue weighted by Gasteiger charge is -2.13. The van der Waals surface area contributed by atoms with Crippen LogP contribution < -0.4 is 4.90 Å². The Labute approximate surface area is 159 Å². The predicted octanol–water partition coefficient (Wildman–Crippen LogP) is 2.46. The number of Topliss-reactive ketones (excluding diaryl/α,β-unsaturated/α-hetero) is 1. The molecule has 0 radical (unpaired) electrons. The summed E-state index contributed by atoms with van der Waals surface area (Å²) in [6, 6.07) is 5.74. The maximum atomic E-state index is 12.2. The Morgan fingerprint density at radius 2 is 2.15 bits per heavy atom. The topological polar surface area (TPSA) is 126 Å². The molecule has 2 rings (SSSR count). The molecular formula is C17H16N4O5S. The van der Waals surface area contributed by atoms with Crippen molar-refractivity contribution in [2.24, 2.45) is 0 Å². The molecule has 1 atom stereocenters. The Bertz CT molecular complexity index is 932. The molecular weight excluding hydrogens is 372 g/mol. The third-order valence-electron chi connectivity index (χ3n) is 3.57. The number of aryl methyl sites for hydroxylation is 1. The number of hydrogen-bond acceptors (Lipinski definition) is 9. The zero-order valence-electron chi connectivity index (χ0n) is 14.8. The first-order valence-electron chi connectivity index (χ1n) is 7.71. The van der Waals surface area contributed by atoms with Gasteiger partial charge in [-0.25, -0.2) is 9.78 Å². The highest BCUT2D eigenvalue weighted by Crippen LogP contribution is 2.28. The summed E-state index contributed by atoms with van der Waals surface area (Å²) in [6.45, 7) is 1.11. The van der Waals surface area contributed by atoms with Crippen molar-refractivity contribution in [3.8, 4) is 6.07 Å². The monoisotopic (exact) mass is 388 g/mol. The number of nitro groups is 1. The van der Waals surface area contributed by atoms with Crippen molar-refractivity contribution in [3.63, 3.8) is 0 Å². The normalized spacial score (nSPS) is 11.3. The van der Waals surface area contributed by atoms with Gasteiger partial charge in [0.15, 0.2) is 18.3 Å². The highest BCUT2D eigenvalue weighted by atomic mass is 32.1. The largest absolute Gasteiger partial charge is 0.454 e. The zero-order chi connectivity index (χ0) is 20.1. The van der Waals surface area contributed by atoms with E-state index < -0.39 is 29.2 Å². The summed E-state index contributed by atoms with van der Waals surface area (Å²) in [5, 5.41) is 22.4. The Morgan fingerprint density at radius 3 is 2.67 bits per heavy atom.